The lowest BCUT2D eigenvalue weighted by Crippen LogP contribution is -2.20. The number of benzene rings is 2. The van der Waals surface area contributed by atoms with E-state index >= 15 is 0 Å². The standard InChI is InChI=1S/C19H19N3O2S/c1-2-13-3-7-15(8-4-13)21-18(23)11-24-16-9-5-14(6-10-16)17-12-25-19(20)22-17/h3-10,12H,2,11H2,1H3,(H2,20,22)(H,21,23). The molecule has 0 fully saturated rings. The van der Waals surface area contributed by atoms with Crippen LogP contribution >= 0.6 is 11.3 Å². The van der Waals surface area contributed by atoms with Crippen LogP contribution in [0.2, 0.25) is 0 Å². The minimum absolute atomic E-state index is 0.0431. The molecule has 0 aliphatic rings. The van der Waals surface area contributed by atoms with Gasteiger partial charge in [0.1, 0.15) is 5.75 Å². The highest BCUT2D eigenvalue weighted by Gasteiger charge is 2.06. The molecule has 2 aromatic carbocycles. The van der Waals surface area contributed by atoms with Crippen LogP contribution in [0.1, 0.15) is 12.5 Å². The van der Waals surface area contributed by atoms with E-state index in [2.05, 4.69) is 17.2 Å². The number of carbonyl (C=O) groups is 1. The van der Waals surface area contributed by atoms with Crippen molar-refractivity contribution in [3.8, 4) is 17.0 Å². The van der Waals surface area contributed by atoms with Gasteiger partial charge in [-0.1, -0.05) is 19.1 Å². The largest absolute Gasteiger partial charge is 0.484 e. The van der Waals surface area contributed by atoms with Gasteiger partial charge in [-0.25, -0.2) is 4.98 Å². The van der Waals surface area contributed by atoms with Crippen molar-refractivity contribution in [1.82, 2.24) is 4.98 Å². The topological polar surface area (TPSA) is 77.2 Å². The number of carbonyl (C=O) groups excluding carboxylic acids is 1. The zero-order valence-corrected chi connectivity index (χ0v) is 14.7. The molecular weight excluding hydrogens is 334 g/mol. The average molecular weight is 353 g/mol. The summed E-state index contributed by atoms with van der Waals surface area (Å²) in [6.07, 6.45) is 0.973. The number of hydrogen-bond acceptors (Lipinski definition) is 5. The number of nitrogens with two attached hydrogens (primary N) is 1. The quantitative estimate of drug-likeness (QED) is 0.703. The molecule has 0 aliphatic heterocycles. The lowest BCUT2D eigenvalue weighted by Gasteiger charge is -2.08. The van der Waals surface area contributed by atoms with Gasteiger partial charge < -0.3 is 15.8 Å². The summed E-state index contributed by atoms with van der Waals surface area (Å²) in [7, 11) is 0. The first kappa shape index (κ1) is 17.0. The molecule has 0 atom stereocenters. The van der Waals surface area contributed by atoms with Crippen molar-refractivity contribution < 1.29 is 9.53 Å². The van der Waals surface area contributed by atoms with E-state index in [1.54, 1.807) is 0 Å². The highest BCUT2D eigenvalue weighted by molar-refractivity contribution is 7.13. The fraction of sp³-hybridized carbons (Fsp3) is 0.158. The molecule has 25 heavy (non-hydrogen) atoms. The van der Waals surface area contributed by atoms with E-state index in [1.165, 1.54) is 16.9 Å². The van der Waals surface area contributed by atoms with E-state index in [0.29, 0.717) is 10.9 Å². The van der Waals surface area contributed by atoms with Crippen LogP contribution in [0.3, 0.4) is 0 Å². The molecule has 6 heteroatoms. The van der Waals surface area contributed by atoms with Gasteiger partial charge in [-0.15, -0.1) is 11.3 Å². The summed E-state index contributed by atoms with van der Waals surface area (Å²) in [6, 6.07) is 15.2. The fourth-order valence-corrected chi connectivity index (χ4v) is 2.88. The van der Waals surface area contributed by atoms with Crippen molar-refractivity contribution >= 4 is 28.1 Å². The van der Waals surface area contributed by atoms with E-state index in [-0.39, 0.29) is 12.5 Å². The monoisotopic (exact) mass is 353 g/mol. The van der Waals surface area contributed by atoms with Crippen molar-refractivity contribution in [1.29, 1.82) is 0 Å². The Morgan fingerprint density at radius 1 is 1.16 bits per heavy atom. The molecule has 0 unspecified atom stereocenters. The van der Waals surface area contributed by atoms with Gasteiger partial charge in [0.25, 0.3) is 5.91 Å². The summed E-state index contributed by atoms with van der Waals surface area (Å²) in [6.45, 7) is 2.05. The highest BCUT2D eigenvalue weighted by atomic mass is 32.1. The van der Waals surface area contributed by atoms with Gasteiger partial charge in [-0.05, 0) is 48.4 Å². The number of nitrogen functional groups attached to an aromatic ring is 1. The summed E-state index contributed by atoms with van der Waals surface area (Å²) in [5.41, 5.74) is 9.44. The first-order valence-corrected chi connectivity index (χ1v) is 8.85. The predicted octanol–water partition coefficient (Wildman–Crippen LogP) is 3.97. The molecule has 1 aromatic heterocycles. The molecule has 1 amide bonds. The maximum Gasteiger partial charge on any atom is 0.262 e. The van der Waals surface area contributed by atoms with Gasteiger partial charge in [0, 0.05) is 16.6 Å². The van der Waals surface area contributed by atoms with E-state index in [0.717, 1.165) is 23.4 Å². The third-order valence-corrected chi connectivity index (χ3v) is 4.36. The second-order valence-corrected chi connectivity index (χ2v) is 6.37. The third-order valence-electron chi connectivity index (χ3n) is 3.69. The summed E-state index contributed by atoms with van der Waals surface area (Å²) < 4.78 is 5.53. The number of rotatable bonds is 6. The number of hydrogen-bond donors (Lipinski definition) is 2. The Morgan fingerprint density at radius 3 is 2.48 bits per heavy atom. The number of thiazole rings is 1. The molecule has 0 bridgehead atoms. The lowest BCUT2D eigenvalue weighted by atomic mass is 10.1. The molecule has 5 nitrogen and oxygen atoms in total. The van der Waals surface area contributed by atoms with Crippen LogP contribution in [0.4, 0.5) is 10.8 Å². The molecule has 0 radical (unpaired) electrons. The van der Waals surface area contributed by atoms with E-state index < -0.39 is 0 Å². The molecule has 0 saturated carbocycles. The lowest BCUT2D eigenvalue weighted by molar-refractivity contribution is -0.118. The molecule has 0 aliphatic carbocycles. The Kier molecular flexibility index (Phi) is 5.30. The number of amides is 1. The molecular formula is C19H19N3O2S. The van der Waals surface area contributed by atoms with Gasteiger partial charge in [0.15, 0.2) is 11.7 Å². The smallest absolute Gasteiger partial charge is 0.262 e. The summed E-state index contributed by atoms with van der Waals surface area (Å²) in [5, 5.41) is 5.26. The number of aromatic nitrogens is 1. The Balaban J connectivity index is 1.53. The molecule has 3 rings (SSSR count). The second kappa shape index (κ2) is 7.81. The van der Waals surface area contributed by atoms with Crippen LogP contribution in [0.25, 0.3) is 11.3 Å². The maximum absolute atomic E-state index is 12.0. The maximum atomic E-state index is 12.0. The van der Waals surface area contributed by atoms with Crippen molar-refractivity contribution in [3.63, 3.8) is 0 Å². The molecule has 3 N–H and O–H groups in total. The molecule has 0 saturated heterocycles. The molecule has 1 heterocycles. The summed E-state index contributed by atoms with van der Waals surface area (Å²) >= 11 is 1.40. The van der Waals surface area contributed by atoms with Crippen molar-refractivity contribution in [3.05, 3.63) is 59.5 Å². The second-order valence-electron chi connectivity index (χ2n) is 5.48. The third kappa shape index (κ3) is 4.58. The number of nitrogens with zero attached hydrogens (tertiary/aromatic N) is 1. The number of ether oxygens (including phenoxy) is 1. The van der Waals surface area contributed by atoms with Crippen LogP contribution in [0.15, 0.2) is 53.9 Å². The predicted molar refractivity (Wildman–Crippen MR) is 102 cm³/mol. The average Bonchev–Trinajstić information content (AvgIpc) is 3.07. The zero-order chi connectivity index (χ0) is 17.6. The van der Waals surface area contributed by atoms with Gasteiger partial charge >= 0.3 is 0 Å². The van der Waals surface area contributed by atoms with E-state index in [9.17, 15) is 4.79 Å². The van der Waals surface area contributed by atoms with Crippen LogP contribution < -0.4 is 15.8 Å². The van der Waals surface area contributed by atoms with Crippen molar-refractivity contribution in [2.24, 2.45) is 0 Å². The minimum atomic E-state index is -0.194. The first-order chi connectivity index (χ1) is 12.1. The normalized spacial score (nSPS) is 10.4. The Morgan fingerprint density at radius 2 is 1.88 bits per heavy atom. The number of anilines is 2. The number of aryl methyl sites for hydroxylation is 1. The van der Waals surface area contributed by atoms with Crippen LogP contribution in [-0.2, 0) is 11.2 Å². The van der Waals surface area contributed by atoms with Gasteiger partial charge in [0.2, 0.25) is 0 Å². The highest BCUT2D eigenvalue weighted by Crippen LogP contribution is 2.25. The van der Waals surface area contributed by atoms with Crippen LogP contribution in [0.5, 0.6) is 5.75 Å². The SMILES string of the molecule is CCc1ccc(NC(=O)COc2ccc(-c3csc(N)n3)cc2)cc1. The van der Waals surface area contributed by atoms with E-state index in [4.69, 9.17) is 10.5 Å². The van der Waals surface area contributed by atoms with Gasteiger partial charge in [-0.2, -0.15) is 0 Å². The van der Waals surface area contributed by atoms with Crippen LogP contribution in [-0.4, -0.2) is 17.5 Å². The Bertz CT molecular complexity index is 842. The summed E-state index contributed by atoms with van der Waals surface area (Å²) in [4.78, 5) is 16.2. The zero-order valence-electron chi connectivity index (χ0n) is 13.9. The fourth-order valence-electron chi connectivity index (χ4n) is 2.31. The Labute approximate surface area is 150 Å². The molecule has 3 aromatic rings. The Hall–Kier alpha value is -2.86. The molecule has 0 spiro atoms. The van der Waals surface area contributed by atoms with Crippen LogP contribution in [0, 0.1) is 0 Å². The first-order valence-electron chi connectivity index (χ1n) is 7.97. The minimum Gasteiger partial charge on any atom is -0.484 e. The number of nitrogens with one attached hydrogen (secondary N) is 1. The van der Waals surface area contributed by atoms with Crippen molar-refractivity contribution in [2.75, 3.05) is 17.7 Å². The van der Waals surface area contributed by atoms with Crippen molar-refractivity contribution in [2.45, 2.75) is 13.3 Å². The van der Waals surface area contributed by atoms with Gasteiger partial charge in [-0.3, -0.25) is 4.79 Å². The van der Waals surface area contributed by atoms with E-state index in [1.807, 2.05) is 53.9 Å². The van der Waals surface area contributed by atoms with Gasteiger partial charge in [0.05, 0.1) is 5.69 Å². The summed E-state index contributed by atoms with van der Waals surface area (Å²) in [5.74, 6) is 0.434. The molecule has 128 valence electrons.